The van der Waals surface area contributed by atoms with E-state index in [1.807, 2.05) is 30.5 Å². The van der Waals surface area contributed by atoms with Crippen LogP contribution in [0.5, 0.6) is 0 Å². The number of benzene rings is 1. The topological polar surface area (TPSA) is 50.9 Å². The molecule has 1 fully saturated rings. The van der Waals surface area contributed by atoms with Crippen molar-refractivity contribution in [3.8, 4) is 0 Å². The van der Waals surface area contributed by atoms with E-state index < -0.39 is 0 Å². The Labute approximate surface area is 143 Å². The summed E-state index contributed by atoms with van der Waals surface area (Å²) in [6.07, 6.45) is 1.95. The summed E-state index contributed by atoms with van der Waals surface area (Å²) >= 11 is 0. The van der Waals surface area contributed by atoms with Crippen molar-refractivity contribution >= 4 is 11.7 Å². The number of quaternary nitrogens is 1. The highest BCUT2D eigenvalue weighted by Crippen LogP contribution is 2.06. The second-order valence-corrected chi connectivity index (χ2v) is 6.36. The molecular formula is C19H26N4O+2. The minimum Gasteiger partial charge on any atom is -0.347 e. The zero-order valence-electron chi connectivity index (χ0n) is 14.2. The molecule has 0 saturated carbocycles. The van der Waals surface area contributed by atoms with Crippen LogP contribution in [0.2, 0.25) is 0 Å². The van der Waals surface area contributed by atoms with Gasteiger partial charge in [-0.25, -0.2) is 4.98 Å². The summed E-state index contributed by atoms with van der Waals surface area (Å²) in [5.41, 5.74) is 2.41. The number of carbonyl (C=O) groups excluding carboxylic acids is 1. The Balaban J connectivity index is 1.43. The van der Waals surface area contributed by atoms with Crippen LogP contribution in [-0.2, 0) is 11.3 Å². The van der Waals surface area contributed by atoms with E-state index >= 15 is 0 Å². The van der Waals surface area contributed by atoms with Gasteiger partial charge in [0.15, 0.2) is 6.54 Å². The zero-order chi connectivity index (χ0) is 16.8. The molecule has 1 amide bonds. The molecule has 1 aliphatic heterocycles. The fourth-order valence-electron chi connectivity index (χ4n) is 3.11. The molecule has 0 spiro atoms. The summed E-state index contributed by atoms with van der Waals surface area (Å²) in [5.74, 6) is 1.29. The number of aromatic amines is 1. The maximum Gasteiger partial charge on any atom is 0.275 e. The van der Waals surface area contributed by atoms with Crippen LogP contribution in [0.4, 0.5) is 5.82 Å². The molecular weight excluding hydrogens is 300 g/mol. The van der Waals surface area contributed by atoms with Crippen LogP contribution in [0.3, 0.4) is 0 Å². The van der Waals surface area contributed by atoms with Crippen molar-refractivity contribution in [2.45, 2.75) is 13.5 Å². The fourth-order valence-corrected chi connectivity index (χ4v) is 3.11. The van der Waals surface area contributed by atoms with Crippen LogP contribution in [0.15, 0.2) is 48.7 Å². The lowest BCUT2D eigenvalue weighted by atomic mass is 10.1. The molecule has 1 aromatic heterocycles. The lowest BCUT2D eigenvalue weighted by Gasteiger charge is -2.27. The smallest absolute Gasteiger partial charge is 0.275 e. The van der Waals surface area contributed by atoms with E-state index in [0.717, 1.165) is 32.0 Å². The first-order valence-corrected chi connectivity index (χ1v) is 8.59. The number of H-pyrrole nitrogens is 1. The molecule has 1 aromatic carbocycles. The molecule has 0 unspecified atom stereocenters. The summed E-state index contributed by atoms with van der Waals surface area (Å²) in [6, 6.07) is 14.3. The molecule has 1 aliphatic rings. The van der Waals surface area contributed by atoms with E-state index in [9.17, 15) is 4.79 Å². The first kappa shape index (κ1) is 16.5. The number of carbonyl (C=O) groups is 1. The molecule has 0 atom stereocenters. The van der Waals surface area contributed by atoms with Gasteiger partial charge in [-0.3, -0.25) is 9.69 Å². The van der Waals surface area contributed by atoms with Gasteiger partial charge in [-0.05, 0) is 24.1 Å². The average molecular weight is 326 g/mol. The van der Waals surface area contributed by atoms with E-state index in [1.54, 1.807) is 0 Å². The Bertz CT molecular complexity index is 666. The average Bonchev–Trinajstić information content (AvgIpc) is 2.62. The van der Waals surface area contributed by atoms with Crippen LogP contribution in [-0.4, -0.2) is 38.6 Å². The van der Waals surface area contributed by atoms with Gasteiger partial charge in [0.05, 0.1) is 6.20 Å². The normalized spacial score (nSPS) is 15.3. The number of aromatic nitrogens is 1. The van der Waals surface area contributed by atoms with Crippen LogP contribution in [0.25, 0.3) is 0 Å². The van der Waals surface area contributed by atoms with Crippen molar-refractivity contribution in [1.82, 2.24) is 5.32 Å². The van der Waals surface area contributed by atoms with Crippen molar-refractivity contribution in [2.75, 3.05) is 37.6 Å². The highest BCUT2D eigenvalue weighted by molar-refractivity contribution is 5.76. The molecule has 0 bridgehead atoms. The third kappa shape index (κ3) is 4.32. The monoisotopic (exact) mass is 326 g/mol. The van der Waals surface area contributed by atoms with Gasteiger partial charge < -0.3 is 10.2 Å². The minimum atomic E-state index is 0.132. The molecule has 0 radical (unpaired) electrons. The summed E-state index contributed by atoms with van der Waals surface area (Å²) < 4.78 is 0. The van der Waals surface area contributed by atoms with Crippen LogP contribution < -0.4 is 20.1 Å². The molecule has 2 aromatic rings. The highest BCUT2D eigenvalue weighted by atomic mass is 16.2. The quantitative estimate of drug-likeness (QED) is 0.802. The van der Waals surface area contributed by atoms with Crippen molar-refractivity contribution in [3.05, 3.63) is 59.8 Å². The summed E-state index contributed by atoms with van der Waals surface area (Å²) in [7, 11) is 0. The molecule has 1 saturated heterocycles. The molecule has 5 heteroatoms. The Hall–Kier alpha value is -2.40. The number of hydrogen-bond acceptors (Lipinski definition) is 2. The van der Waals surface area contributed by atoms with Crippen LogP contribution in [0.1, 0.15) is 11.1 Å². The maximum atomic E-state index is 12.2. The predicted octanol–water partition coefficient (Wildman–Crippen LogP) is -0.170. The van der Waals surface area contributed by atoms with E-state index in [4.69, 9.17) is 0 Å². The van der Waals surface area contributed by atoms with Gasteiger partial charge in [0.25, 0.3) is 11.7 Å². The van der Waals surface area contributed by atoms with Gasteiger partial charge in [0, 0.05) is 12.6 Å². The molecule has 5 nitrogen and oxygen atoms in total. The summed E-state index contributed by atoms with van der Waals surface area (Å²) in [4.78, 5) is 19.2. The Morgan fingerprint density at radius 2 is 1.92 bits per heavy atom. The molecule has 126 valence electrons. The van der Waals surface area contributed by atoms with Crippen molar-refractivity contribution < 1.29 is 14.7 Å². The lowest BCUT2D eigenvalue weighted by molar-refractivity contribution is -0.892. The molecule has 0 aliphatic carbocycles. The largest absolute Gasteiger partial charge is 0.347 e. The van der Waals surface area contributed by atoms with E-state index in [0.29, 0.717) is 13.1 Å². The second kappa shape index (κ2) is 7.93. The zero-order valence-corrected chi connectivity index (χ0v) is 14.2. The highest BCUT2D eigenvalue weighted by Gasteiger charge is 2.26. The van der Waals surface area contributed by atoms with E-state index in [-0.39, 0.29) is 5.91 Å². The Kier molecular flexibility index (Phi) is 5.43. The first-order chi connectivity index (χ1) is 11.7. The van der Waals surface area contributed by atoms with Gasteiger partial charge in [0.2, 0.25) is 0 Å². The number of anilines is 1. The minimum absolute atomic E-state index is 0.132. The third-order valence-corrected chi connectivity index (χ3v) is 4.65. The number of hydrogen-bond donors (Lipinski definition) is 2. The SMILES string of the molecule is Cc1ccccc1CNC(=O)C[NH+]1CCN(c2cccc[nH+]2)CC1. The maximum absolute atomic E-state index is 12.2. The molecule has 3 rings (SSSR count). The van der Waals surface area contributed by atoms with Gasteiger partial charge in [0.1, 0.15) is 26.2 Å². The Morgan fingerprint density at radius 3 is 2.62 bits per heavy atom. The predicted molar refractivity (Wildman–Crippen MR) is 93.8 cm³/mol. The fraction of sp³-hybridized carbons (Fsp3) is 0.368. The number of piperazine rings is 1. The number of aryl methyl sites for hydroxylation is 1. The first-order valence-electron chi connectivity index (χ1n) is 8.59. The van der Waals surface area contributed by atoms with Gasteiger partial charge in [-0.1, -0.05) is 30.3 Å². The van der Waals surface area contributed by atoms with Gasteiger partial charge in [-0.2, -0.15) is 0 Å². The molecule has 24 heavy (non-hydrogen) atoms. The van der Waals surface area contributed by atoms with Crippen molar-refractivity contribution in [3.63, 3.8) is 0 Å². The number of nitrogens with zero attached hydrogens (tertiary/aromatic N) is 1. The summed E-state index contributed by atoms with van der Waals surface area (Å²) in [6.45, 7) is 7.16. The number of rotatable bonds is 5. The summed E-state index contributed by atoms with van der Waals surface area (Å²) in [5, 5.41) is 3.05. The Morgan fingerprint density at radius 1 is 1.17 bits per heavy atom. The standard InChI is InChI=1S/C19H24N4O/c1-16-6-2-3-7-17(16)14-21-19(24)15-22-10-12-23(13-11-22)18-8-4-5-9-20-18/h2-9H,10-15H2,1H3,(H,21,24)/p+2. The number of pyridine rings is 1. The van der Waals surface area contributed by atoms with Gasteiger partial charge >= 0.3 is 0 Å². The van der Waals surface area contributed by atoms with E-state index in [2.05, 4.69) is 40.3 Å². The van der Waals surface area contributed by atoms with E-state index in [1.165, 1.54) is 16.0 Å². The number of nitrogens with one attached hydrogen (secondary N) is 3. The number of amides is 1. The lowest BCUT2D eigenvalue weighted by Crippen LogP contribution is -3.16. The van der Waals surface area contributed by atoms with Crippen molar-refractivity contribution in [2.24, 2.45) is 0 Å². The van der Waals surface area contributed by atoms with Crippen molar-refractivity contribution in [1.29, 1.82) is 0 Å². The van der Waals surface area contributed by atoms with Crippen LogP contribution >= 0.6 is 0 Å². The second-order valence-electron chi connectivity index (χ2n) is 6.36. The van der Waals surface area contributed by atoms with Crippen LogP contribution in [0, 0.1) is 6.92 Å². The molecule has 2 heterocycles. The molecule has 3 N–H and O–H groups in total. The third-order valence-electron chi connectivity index (χ3n) is 4.65. The van der Waals surface area contributed by atoms with Gasteiger partial charge in [-0.15, -0.1) is 0 Å².